The average Bonchev–Trinajstić information content (AvgIpc) is 3.10. The molecule has 4 aromatic rings. The Morgan fingerprint density at radius 2 is 1.68 bits per heavy atom. The molecule has 2 aromatic carbocycles. The first-order chi connectivity index (χ1) is 13.7. The molecule has 28 heavy (non-hydrogen) atoms. The summed E-state index contributed by atoms with van der Waals surface area (Å²) in [6.07, 6.45) is 3.65. The molecule has 1 N–H and O–H groups in total. The van der Waals surface area contributed by atoms with Gasteiger partial charge in [-0.3, -0.25) is 0 Å². The van der Waals surface area contributed by atoms with Crippen LogP contribution in [0.4, 0.5) is 0 Å². The Labute approximate surface area is 161 Å². The molecule has 0 radical (unpaired) electrons. The van der Waals surface area contributed by atoms with Crippen molar-refractivity contribution >= 4 is 11.5 Å². The standard InChI is InChI=1S/C23H16N2O3/c24-13-21-19(14-25-12-2-1-3-22(21)25)15-28-23(27)18-6-4-16(5-7-18)17-8-10-20(26)11-9-17/h1-12,14,26H,15H2. The smallest absolute Gasteiger partial charge is 0.338 e. The number of nitrogens with zero attached hydrogens (tertiary/aromatic N) is 2. The molecule has 0 amide bonds. The molecule has 0 saturated carbocycles. The maximum atomic E-state index is 12.4. The minimum absolute atomic E-state index is 0.0309. The van der Waals surface area contributed by atoms with Gasteiger partial charge >= 0.3 is 5.97 Å². The minimum atomic E-state index is -0.448. The molecule has 2 aromatic heterocycles. The normalized spacial score (nSPS) is 10.5. The molecule has 0 aliphatic heterocycles. The Balaban J connectivity index is 1.48. The van der Waals surface area contributed by atoms with E-state index < -0.39 is 5.97 Å². The van der Waals surface area contributed by atoms with Gasteiger partial charge in [0.25, 0.3) is 0 Å². The van der Waals surface area contributed by atoms with Crippen LogP contribution in [0.3, 0.4) is 0 Å². The van der Waals surface area contributed by atoms with Crippen LogP contribution in [0, 0.1) is 11.3 Å². The zero-order valence-electron chi connectivity index (χ0n) is 14.9. The van der Waals surface area contributed by atoms with E-state index in [1.165, 1.54) is 0 Å². The molecule has 0 aliphatic carbocycles. The molecular weight excluding hydrogens is 352 g/mol. The number of carbonyl (C=O) groups excluding carboxylic acids is 1. The van der Waals surface area contributed by atoms with E-state index in [0.29, 0.717) is 16.7 Å². The lowest BCUT2D eigenvalue weighted by atomic mass is 10.0. The molecule has 0 atom stereocenters. The van der Waals surface area contributed by atoms with Crippen molar-refractivity contribution < 1.29 is 14.6 Å². The van der Waals surface area contributed by atoms with Crippen LogP contribution < -0.4 is 0 Å². The number of pyridine rings is 1. The second-order valence-corrected chi connectivity index (χ2v) is 6.33. The van der Waals surface area contributed by atoms with Crippen molar-refractivity contribution in [3.05, 3.63) is 95.8 Å². The highest BCUT2D eigenvalue weighted by atomic mass is 16.5. The van der Waals surface area contributed by atoms with E-state index in [0.717, 1.165) is 16.6 Å². The van der Waals surface area contributed by atoms with Gasteiger partial charge in [-0.2, -0.15) is 5.26 Å². The first-order valence-corrected chi connectivity index (χ1v) is 8.71. The van der Waals surface area contributed by atoms with Gasteiger partial charge in [-0.1, -0.05) is 30.3 Å². The molecule has 5 nitrogen and oxygen atoms in total. The maximum Gasteiger partial charge on any atom is 0.338 e. The molecule has 5 heteroatoms. The second-order valence-electron chi connectivity index (χ2n) is 6.33. The number of carbonyl (C=O) groups is 1. The number of aromatic hydroxyl groups is 1. The van der Waals surface area contributed by atoms with Crippen LogP contribution in [0.2, 0.25) is 0 Å². The van der Waals surface area contributed by atoms with Crippen LogP contribution in [0.15, 0.2) is 79.1 Å². The number of aromatic nitrogens is 1. The number of phenols is 1. The monoisotopic (exact) mass is 368 g/mol. The lowest BCUT2D eigenvalue weighted by molar-refractivity contribution is 0.0472. The third-order valence-corrected chi connectivity index (χ3v) is 4.55. The number of ether oxygens (including phenoxy) is 1. The van der Waals surface area contributed by atoms with Crippen molar-refractivity contribution in [2.45, 2.75) is 6.61 Å². The van der Waals surface area contributed by atoms with Gasteiger partial charge in [-0.05, 0) is 47.5 Å². The van der Waals surface area contributed by atoms with Crippen LogP contribution in [0.5, 0.6) is 5.75 Å². The number of benzene rings is 2. The highest BCUT2D eigenvalue weighted by molar-refractivity contribution is 5.90. The van der Waals surface area contributed by atoms with E-state index in [1.807, 2.05) is 53.1 Å². The number of hydrogen-bond acceptors (Lipinski definition) is 4. The lowest BCUT2D eigenvalue weighted by Crippen LogP contribution is -2.05. The summed E-state index contributed by atoms with van der Waals surface area (Å²) >= 11 is 0. The summed E-state index contributed by atoms with van der Waals surface area (Å²) in [7, 11) is 0. The molecule has 0 spiro atoms. The SMILES string of the molecule is N#Cc1c(COC(=O)c2ccc(-c3ccc(O)cc3)cc2)cn2ccccc12. The first kappa shape index (κ1) is 17.4. The third kappa shape index (κ3) is 3.31. The Kier molecular flexibility index (Phi) is 4.53. The minimum Gasteiger partial charge on any atom is -0.508 e. The zero-order chi connectivity index (χ0) is 19.5. The highest BCUT2D eigenvalue weighted by Crippen LogP contribution is 2.23. The topological polar surface area (TPSA) is 74.7 Å². The van der Waals surface area contributed by atoms with Crippen molar-refractivity contribution in [1.82, 2.24) is 4.40 Å². The number of nitriles is 1. The zero-order valence-corrected chi connectivity index (χ0v) is 14.9. The Bertz CT molecular complexity index is 1180. The van der Waals surface area contributed by atoms with Gasteiger partial charge in [-0.25, -0.2) is 4.79 Å². The Morgan fingerprint density at radius 1 is 1.00 bits per heavy atom. The number of hydrogen-bond donors (Lipinski definition) is 1. The predicted octanol–water partition coefficient (Wildman–Crippen LogP) is 4.54. The summed E-state index contributed by atoms with van der Waals surface area (Å²) < 4.78 is 7.25. The molecule has 0 saturated heterocycles. The van der Waals surface area contributed by atoms with Gasteiger partial charge < -0.3 is 14.2 Å². The third-order valence-electron chi connectivity index (χ3n) is 4.55. The van der Waals surface area contributed by atoms with E-state index in [4.69, 9.17) is 4.74 Å². The summed E-state index contributed by atoms with van der Waals surface area (Å²) in [6.45, 7) is 0.0309. The summed E-state index contributed by atoms with van der Waals surface area (Å²) in [6, 6.07) is 21.7. The largest absolute Gasteiger partial charge is 0.508 e. The molecule has 136 valence electrons. The maximum absolute atomic E-state index is 12.4. The number of rotatable bonds is 4. The molecule has 0 aliphatic rings. The fourth-order valence-electron chi connectivity index (χ4n) is 3.10. The summed E-state index contributed by atoms with van der Waals surface area (Å²) in [5.41, 5.74) is 4.27. The molecule has 4 rings (SSSR count). The predicted molar refractivity (Wildman–Crippen MR) is 105 cm³/mol. The van der Waals surface area contributed by atoms with Gasteiger partial charge in [0.15, 0.2) is 0 Å². The van der Waals surface area contributed by atoms with Gasteiger partial charge in [-0.15, -0.1) is 0 Å². The van der Waals surface area contributed by atoms with E-state index in [-0.39, 0.29) is 12.4 Å². The van der Waals surface area contributed by atoms with Crippen LogP contribution in [-0.4, -0.2) is 15.5 Å². The van der Waals surface area contributed by atoms with Gasteiger partial charge in [0, 0.05) is 18.0 Å². The number of phenolic OH excluding ortho intramolecular Hbond substituents is 1. The van der Waals surface area contributed by atoms with E-state index in [1.54, 1.807) is 30.5 Å². The van der Waals surface area contributed by atoms with Gasteiger partial charge in [0.1, 0.15) is 18.4 Å². The van der Waals surface area contributed by atoms with Crippen LogP contribution in [0.1, 0.15) is 21.5 Å². The van der Waals surface area contributed by atoms with Crippen molar-refractivity contribution in [3.63, 3.8) is 0 Å². The van der Waals surface area contributed by atoms with Crippen LogP contribution >= 0.6 is 0 Å². The summed E-state index contributed by atoms with van der Waals surface area (Å²) in [5.74, 6) is -0.240. The van der Waals surface area contributed by atoms with Crippen molar-refractivity contribution in [3.8, 4) is 22.9 Å². The molecule has 2 heterocycles. The van der Waals surface area contributed by atoms with E-state index in [9.17, 15) is 15.2 Å². The van der Waals surface area contributed by atoms with Crippen molar-refractivity contribution in [1.29, 1.82) is 5.26 Å². The Hall–Kier alpha value is -4.04. The Morgan fingerprint density at radius 3 is 2.36 bits per heavy atom. The summed E-state index contributed by atoms with van der Waals surface area (Å²) in [5, 5.41) is 18.8. The fraction of sp³-hybridized carbons (Fsp3) is 0.0435. The van der Waals surface area contributed by atoms with Crippen molar-refractivity contribution in [2.24, 2.45) is 0 Å². The van der Waals surface area contributed by atoms with Gasteiger partial charge in [0.2, 0.25) is 0 Å². The molecule has 0 unspecified atom stereocenters. The first-order valence-electron chi connectivity index (χ1n) is 8.71. The second kappa shape index (κ2) is 7.29. The van der Waals surface area contributed by atoms with Crippen LogP contribution in [-0.2, 0) is 11.3 Å². The summed E-state index contributed by atoms with van der Waals surface area (Å²) in [4.78, 5) is 12.4. The number of fused-ring (bicyclic) bond motifs is 1. The van der Waals surface area contributed by atoms with Gasteiger partial charge in [0.05, 0.1) is 16.6 Å². The van der Waals surface area contributed by atoms with Crippen LogP contribution in [0.25, 0.3) is 16.6 Å². The molecular formula is C23H16N2O3. The fourth-order valence-corrected chi connectivity index (χ4v) is 3.10. The van der Waals surface area contributed by atoms with E-state index >= 15 is 0 Å². The molecule has 0 bridgehead atoms. The quantitative estimate of drug-likeness (QED) is 0.537. The highest BCUT2D eigenvalue weighted by Gasteiger charge is 2.13. The number of esters is 1. The molecule has 0 fully saturated rings. The van der Waals surface area contributed by atoms with E-state index in [2.05, 4.69) is 6.07 Å². The average molecular weight is 368 g/mol. The van der Waals surface area contributed by atoms with Crippen molar-refractivity contribution in [2.75, 3.05) is 0 Å². The lowest BCUT2D eigenvalue weighted by Gasteiger charge is -2.06.